The summed E-state index contributed by atoms with van der Waals surface area (Å²) >= 11 is 5.87. The zero-order chi connectivity index (χ0) is 19.7. The Bertz CT molecular complexity index is 1260. The Morgan fingerprint density at radius 1 is 1.11 bits per heavy atom. The Balaban J connectivity index is 1.56. The van der Waals surface area contributed by atoms with Gasteiger partial charge in [0.05, 0.1) is 12.2 Å². The standard InChI is InChI=1S/C18H15ClN6O3/c1-11-15-16(21-9-20-11)22-10-24(17(15)26)8-14-23-25(18(27)28-14)7-6-12-2-4-13(19)5-3-12/h2-5,9-10H,6-8H2,1H3. The summed E-state index contributed by atoms with van der Waals surface area (Å²) in [6.07, 6.45) is 3.30. The molecule has 0 bridgehead atoms. The fourth-order valence-corrected chi connectivity index (χ4v) is 2.95. The van der Waals surface area contributed by atoms with Crippen LogP contribution in [0, 0.1) is 6.92 Å². The third-order valence-electron chi connectivity index (χ3n) is 4.29. The summed E-state index contributed by atoms with van der Waals surface area (Å²) in [5.74, 6) is -0.455. The Kier molecular flexibility index (Phi) is 4.74. The van der Waals surface area contributed by atoms with Gasteiger partial charge in [-0.1, -0.05) is 23.7 Å². The number of aromatic nitrogens is 6. The molecule has 1 aromatic carbocycles. The first kappa shape index (κ1) is 18.1. The SMILES string of the molecule is Cc1ncnc2ncn(Cc3nn(CCc4ccc(Cl)cc4)c(=O)o3)c(=O)c12. The smallest absolute Gasteiger partial charge is 0.390 e. The predicted molar refractivity (Wildman–Crippen MR) is 101 cm³/mol. The summed E-state index contributed by atoms with van der Waals surface area (Å²) in [5.41, 5.74) is 1.56. The summed E-state index contributed by atoms with van der Waals surface area (Å²) in [5, 5.41) is 5.15. The van der Waals surface area contributed by atoms with Crippen molar-refractivity contribution in [2.45, 2.75) is 26.4 Å². The van der Waals surface area contributed by atoms with Gasteiger partial charge in [-0.3, -0.25) is 9.36 Å². The molecule has 4 rings (SSSR count). The predicted octanol–water partition coefficient (Wildman–Crippen LogP) is 1.59. The highest BCUT2D eigenvalue weighted by Crippen LogP contribution is 2.10. The minimum absolute atomic E-state index is 0.0146. The molecule has 0 spiro atoms. The first-order valence-corrected chi connectivity index (χ1v) is 8.87. The second-order valence-electron chi connectivity index (χ2n) is 6.20. The van der Waals surface area contributed by atoms with Gasteiger partial charge in [-0.2, -0.15) is 4.68 Å². The molecule has 28 heavy (non-hydrogen) atoms. The number of hydrogen-bond donors (Lipinski definition) is 0. The van der Waals surface area contributed by atoms with Gasteiger partial charge in [0.1, 0.15) is 24.6 Å². The average Bonchev–Trinajstić information content (AvgIpc) is 3.03. The summed E-state index contributed by atoms with van der Waals surface area (Å²) in [6, 6.07) is 7.36. The molecule has 0 aliphatic carbocycles. The Morgan fingerprint density at radius 2 is 1.89 bits per heavy atom. The topological polar surface area (TPSA) is 109 Å². The molecule has 3 heterocycles. The van der Waals surface area contributed by atoms with Crippen molar-refractivity contribution in [3.05, 3.63) is 80.0 Å². The summed E-state index contributed by atoms with van der Waals surface area (Å²) in [6.45, 7) is 2.05. The lowest BCUT2D eigenvalue weighted by Crippen LogP contribution is -2.23. The maximum Gasteiger partial charge on any atom is 0.437 e. The second-order valence-corrected chi connectivity index (χ2v) is 6.63. The van der Waals surface area contributed by atoms with Gasteiger partial charge in [-0.05, 0) is 31.0 Å². The van der Waals surface area contributed by atoms with Gasteiger partial charge in [-0.15, -0.1) is 5.10 Å². The molecule has 0 saturated heterocycles. The molecule has 4 aromatic rings. The maximum atomic E-state index is 12.7. The molecule has 9 nitrogen and oxygen atoms in total. The van der Waals surface area contributed by atoms with E-state index in [4.69, 9.17) is 16.0 Å². The van der Waals surface area contributed by atoms with Crippen molar-refractivity contribution in [3.63, 3.8) is 0 Å². The Labute approximate surface area is 163 Å². The van der Waals surface area contributed by atoms with Crippen LogP contribution in [-0.4, -0.2) is 29.3 Å². The number of halogens is 1. The quantitative estimate of drug-likeness (QED) is 0.502. The molecule has 3 aromatic heterocycles. The molecule has 0 fully saturated rings. The molecule has 0 amide bonds. The van der Waals surface area contributed by atoms with Crippen LogP contribution in [0.2, 0.25) is 5.02 Å². The van der Waals surface area contributed by atoms with Crippen LogP contribution in [-0.2, 0) is 19.5 Å². The van der Waals surface area contributed by atoms with E-state index >= 15 is 0 Å². The van der Waals surface area contributed by atoms with E-state index in [0.717, 1.165) is 5.56 Å². The van der Waals surface area contributed by atoms with Crippen LogP contribution in [0.1, 0.15) is 17.1 Å². The van der Waals surface area contributed by atoms with Gasteiger partial charge >= 0.3 is 5.76 Å². The van der Waals surface area contributed by atoms with E-state index in [2.05, 4.69) is 20.1 Å². The highest BCUT2D eigenvalue weighted by molar-refractivity contribution is 6.30. The third kappa shape index (κ3) is 3.56. The molecule has 142 valence electrons. The van der Waals surface area contributed by atoms with Crippen molar-refractivity contribution in [3.8, 4) is 0 Å². The number of nitrogens with zero attached hydrogens (tertiary/aromatic N) is 6. The van der Waals surface area contributed by atoms with Gasteiger partial charge in [0, 0.05) is 5.02 Å². The molecule has 10 heteroatoms. The van der Waals surface area contributed by atoms with Crippen molar-refractivity contribution in [2.75, 3.05) is 0 Å². The van der Waals surface area contributed by atoms with Gasteiger partial charge in [0.25, 0.3) is 5.56 Å². The zero-order valence-corrected chi connectivity index (χ0v) is 15.6. The fraction of sp³-hybridized carbons (Fsp3) is 0.222. The van der Waals surface area contributed by atoms with Crippen molar-refractivity contribution in [1.82, 2.24) is 29.3 Å². The zero-order valence-electron chi connectivity index (χ0n) is 14.9. The fourth-order valence-electron chi connectivity index (χ4n) is 2.83. The minimum Gasteiger partial charge on any atom is -0.390 e. The van der Waals surface area contributed by atoms with Crippen LogP contribution in [0.4, 0.5) is 0 Å². The van der Waals surface area contributed by atoms with E-state index in [-0.39, 0.29) is 18.0 Å². The monoisotopic (exact) mass is 398 g/mol. The normalized spacial score (nSPS) is 11.2. The number of rotatable bonds is 5. The first-order chi connectivity index (χ1) is 13.5. The molecule has 0 aliphatic rings. The molecule has 0 radical (unpaired) electrons. The lowest BCUT2D eigenvalue weighted by atomic mass is 10.1. The molecule has 0 unspecified atom stereocenters. The second kappa shape index (κ2) is 7.35. The van der Waals surface area contributed by atoms with E-state index in [1.165, 1.54) is 21.9 Å². The van der Waals surface area contributed by atoms with Gasteiger partial charge in [0.15, 0.2) is 5.65 Å². The van der Waals surface area contributed by atoms with E-state index < -0.39 is 5.76 Å². The van der Waals surface area contributed by atoms with Gasteiger partial charge < -0.3 is 4.42 Å². The number of fused-ring (bicyclic) bond motifs is 1. The van der Waals surface area contributed by atoms with Crippen LogP contribution in [0.5, 0.6) is 0 Å². The van der Waals surface area contributed by atoms with Crippen molar-refractivity contribution < 1.29 is 4.42 Å². The van der Waals surface area contributed by atoms with Crippen LogP contribution >= 0.6 is 11.6 Å². The maximum absolute atomic E-state index is 12.7. The molecule has 0 atom stereocenters. The largest absolute Gasteiger partial charge is 0.437 e. The van der Waals surface area contributed by atoms with Crippen molar-refractivity contribution in [1.29, 1.82) is 0 Å². The Morgan fingerprint density at radius 3 is 2.68 bits per heavy atom. The number of aryl methyl sites for hydroxylation is 3. The summed E-state index contributed by atoms with van der Waals surface area (Å²) < 4.78 is 7.73. The van der Waals surface area contributed by atoms with E-state index in [0.29, 0.717) is 34.7 Å². The average molecular weight is 399 g/mol. The number of benzene rings is 1. The van der Waals surface area contributed by atoms with Crippen LogP contribution in [0.3, 0.4) is 0 Å². The highest BCUT2D eigenvalue weighted by Gasteiger charge is 2.13. The van der Waals surface area contributed by atoms with E-state index in [1.54, 1.807) is 19.1 Å². The van der Waals surface area contributed by atoms with Crippen molar-refractivity contribution >= 4 is 22.6 Å². The van der Waals surface area contributed by atoms with E-state index in [1.807, 2.05) is 12.1 Å². The van der Waals surface area contributed by atoms with Gasteiger partial charge in [-0.25, -0.2) is 19.7 Å². The van der Waals surface area contributed by atoms with E-state index in [9.17, 15) is 9.59 Å². The molecular weight excluding hydrogens is 384 g/mol. The van der Waals surface area contributed by atoms with Crippen LogP contribution < -0.4 is 11.3 Å². The lowest BCUT2D eigenvalue weighted by Gasteiger charge is -2.04. The molecule has 0 aliphatic heterocycles. The minimum atomic E-state index is -0.578. The lowest BCUT2D eigenvalue weighted by molar-refractivity contribution is 0.434. The van der Waals surface area contributed by atoms with Crippen LogP contribution in [0.15, 0.2) is 50.9 Å². The third-order valence-corrected chi connectivity index (χ3v) is 4.54. The molecule has 0 N–H and O–H groups in total. The highest BCUT2D eigenvalue weighted by atomic mass is 35.5. The first-order valence-electron chi connectivity index (χ1n) is 8.49. The van der Waals surface area contributed by atoms with Gasteiger partial charge in [0.2, 0.25) is 5.89 Å². The number of hydrogen-bond acceptors (Lipinski definition) is 7. The molecular formula is C18H15ClN6O3. The van der Waals surface area contributed by atoms with Crippen LogP contribution in [0.25, 0.3) is 11.0 Å². The Hall–Kier alpha value is -3.33. The summed E-state index contributed by atoms with van der Waals surface area (Å²) in [7, 11) is 0. The molecule has 0 saturated carbocycles. The summed E-state index contributed by atoms with van der Waals surface area (Å²) in [4.78, 5) is 36.9. The van der Waals surface area contributed by atoms with Crippen molar-refractivity contribution in [2.24, 2.45) is 0 Å².